The van der Waals surface area contributed by atoms with Crippen molar-refractivity contribution in [1.82, 2.24) is 10.2 Å². The minimum atomic E-state index is 0.759. The minimum Gasteiger partial charge on any atom is -0.316 e. The van der Waals surface area contributed by atoms with Crippen LogP contribution < -0.4 is 5.32 Å². The molecule has 2 nitrogen and oxygen atoms in total. The Balaban J connectivity index is 2.37. The molecule has 1 aliphatic heterocycles. The molecule has 72 valence electrons. The van der Waals surface area contributed by atoms with Crippen LogP contribution >= 0.6 is 0 Å². The van der Waals surface area contributed by atoms with E-state index in [4.69, 9.17) is 0 Å². The second-order valence-corrected chi connectivity index (χ2v) is 3.71. The molecule has 1 rings (SSSR count). The predicted molar refractivity (Wildman–Crippen MR) is 53.4 cm³/mol. The second kappa shape index (κ2) is 4.83. The molecular weight excluding hydrogens is 148 g/mol. The van der Waals surface area contributed by atoms with Gasteiger partial charge in [-0.15, -0.1) is 0 Å². The molecular formula is C10H22N2. The Hall–Kier alpha value is -0.0800. The molecule has 0 aromatic rings. The average molecular weight is 170 g/mol. The first-order valence-electron chi connectivity index (χ1n) is 5.24. The normalized spacial score (nSPS) is 26.5. The number of hydrogen-bond acceptors (Lipinski definition) is 2. The van der Waals surface area contributed by atoms with Crippen LogP contribution in [0.25, 0.3) is 0 Å². The van der Waals surface area contributed by atoms with Crippen molar-refractivity contribution < 1.29 is 0 Å². The Labute approximate surface area is 76.3 Å². The van der Waals surface area contributed by atoms with Crippen molar-refractivity contribution in [1.29, 1.82) is 0 Å². The smallest absolute Gasteiger partial charge is 0.0108 e. The van der Waals surface area contributed by atoms with E-state index in [1.54, 1.807) is 0 Å². The van der Waals surface area contributed by atoms with Crippen LogP contribution in [0.5, 0.6) is 0 Å². The molecule has 0 aliphatic carbocycles. The fourth-order valence-corrected chi connectivity index (χ4v) is 2.19. The van der Waals surface area contributed by atoms with E-state index in [9.17, 15) is 0 Å². The lowest BCUT2D eigenvalue weighted by Crippen LogP contribution is -2.39. The molecule has 1 saturated heterocycles. The third-order valence-corrected chi connectivity index (χ3v) is 3.17. The van der Waals surface area contributed by atoms with Gasteiger partial charge < -0.3 is 10.2 Å². The van der Waals surface area contributed by atoms with E-state index in [0.29, 0.717) is 0 Å². The van der Waals surface area contributed by atoms with Crippen molar-refractivity contribution in [3.8, 4) is 0 Å². The van der Waals surface area contributed by atoms with Crippen molar-refractivity contribution in [2.75, 3.05) is 26.2 Å². The molecule has 0 bridgehead atoms. The van der Waals surface area contributed by atoms with Crippen LogP contribution in [0.2, 0.25) is 0 Å². The lowest BCUT2D eigenvalue weighted by atomic mass is 9.99. The highest BCUT2D eigenvalue weighted by molar-refractivity contribution is 4.81. The van der Waals surface area contributed by atoms with Gasteiger partial charge in [0, 0.05) is 6.04 Å². The number of hydrogen-bond donors (Lipinski definition) is 1. The summed E-state index contributed by atoms with van der Waals surface area (Å²) in [6.45, 7) is 11.7. The minimum absolute atomic E-state index is 0.759. The molecule has 0 spiro atoms. The summed E-state index contributed by atoms with van der Waals surface area (Å²) in [5.41, 5.74) is 0. The van der Waals surface area contributed by atoms with E-state index in [-0.39, 0.29) is 0 Å². The van der Waals surface area contributed by atoms with E-state index >= 15 is 0 Å². The zero-order valence-electron chi connectivity index (χ0n) is 8.64. The van der Waals surface area contributed by atoms with Crippen LogP contribution in [0.15, 0.2) is 0 Å². The van der Waals surface area contributed by atoms with E-state index in [1.165, 1.54) is 32.6 Å². The summed E-state index contributed by atoms with van der Waals surface area (Å²) in [4.78, 5) is 2.55. The monoisotopic (exact) mass is 170 g/mol. The Kier molecular flexibility index (Phi) is 4.02. The lowest BCUT2D eigenvalue weighted by Gasteiger charge is -2.30. The fourth-order valence-electron chi connectivity index (χ4n) is 2.19. The Morgan fingerprint density at radius 3 is 2.50 bits per heavy atom. The second-order valence-electron chi connectivity index (χ2n) is 3.71. The van der Waals surface area contributed by atoms with Crippen LogP contribution in [0.4, 0.5) is 0 Å². The zero-order valence-corrected chi connectivity index (χ0v) is 8.64. The summed E-state index contributed by atoms with van der Waals surface area (Å²) in [5.74, 6) is 0.880. The SMILES string of the molecule is CCN(CC)[C@H](C)[C@@H]1CCNC1. The molecule has 2 atom stereocenters. The van der Waals surface area contributed by atoms with Crippen LogP contribution in [-0.4, -0.2) is 37.1 Å². The molecule has 0 radical (unpaired) electrons. The standard InChI is InChI=1S/C10H22N2/c1-4-12(5-2)9(3)10-6-7-11-8-10/h9-11H,4-8H2,1-3H3/t9-,10-/m1/s1. The molecule has 2 heteroatoms. The van der Waals surface area contributed by atoms with Crippen molar-refractivity contribution in [2.45, 2.75) is 33.2 Å². The first kappa shape index (κ1) is 10.0. The van der Waals surface area contributed by atoms with Gasteiger partial charge in [-0.1, -0.05) is 13.8 Å². The van der Waals surface area contributed by atoms with Gasteiger partial charge in [-0.3, -0.25) is 0 Å². The first-order valence-corrected chi connectivity index (χ1v) is 5.24. The van der Waals surface area contributed by atoms with Gasteiger partial charge in [-0.2, -0.15) is 0 Å². The Morgan fingerprint density at radius 2 is 2.08 bits per heavy atom. The van der Waals surface area contributed by atoms with Crippen LogP contribution in [0.3, 0.4) is 0 Å². The van der Waals surface area contributed by atoms with E-state index < -0.39 is 0 Å². The van der Waals surface area contributed by atoms with Crippen LogP contribution in [-0.2, 0) is 0 Å². The van der Waals surface area contributed by atoms with Crippen molar-refractivity contribution in [3.63, 3.8) is 0 Å². The third-order valence-electron chi connectivity index (χ3n) is 3.17. The van der Waals surface area contributed by atoms with Crippen molar-refractivity contribution in [3.05, 3.63) is 0 Å². The molecule has 0 aromatic heterocycles. The molecule has 1 N–H and O–H groups in total. The van der Waals surface area contributed by atoms with Crippen LogP contribution in [0.1, 0.15) is 27.2 Å². The lowest BCUT2D eigenvalue weighted by molar-refractivity contribution is 0.178. The number of rotatable bonds is 4. The summed E-state index contributed by atoms with van der Waals surface area (Å²) in [7, 11) is 0. The van der Waals surface area contributed by atoms with E-state index in [2.05, 4.69) is 31.0 Å². The highest BCUT2D eigenvalue weighted by atomic mass is 15.1. The van der Waals surface area contributed by atoms with E-state index in [1.807, 2.05) is 0 Å². The number of nitrogens with zero attached hydrogens (tertiary/aromatic N) is 1. The molecule has 1 fully saturated rings. The Bertz CT molecular complexity index is 113. The predicted octanol–water partition coefficient (Wildman–Crippen LogP) is 1.33. The summed E-state index contributed by atoms with van der Waals surface area (Å²) in [6, 6.07) is 0.759. The van der Waals surface area contributed by atoms with Gasteiger partial charge in [-0.05, 0) is 45.4 Å². The van der Waals surface area contributed by atoms with Gasteiger partial charge in [0.2, 0.25) is 0 Å². The molecule has 1 heterocycles. The van der Waals surface area contributed by atoms with Crippen molar-refractivity contribution >= 4 is 0 Å². The first-order chi connectivity index (χ1) is 5.79. The summed E-state index contributed by atoms with van der Waals surface area (Å²) >= 11 is 0. The zero-order chi connectivity index (χ0) is 8.97. The largest absolute Gasteiger partial charge is 0.316 e. The summed E-state index contributed by atoms with van der Waals surface area (Å²) in [5, 5.41) is 3.43. The topological polar surface area (TPSA) is 15.3 Å². The highest BCUT2D eigenvalue weighted by Crippen LogP contribution is 2.17. The molecule has 1 aliphatic rings. The maximum atomic E-state index is 3.43. The highest BCUT2D eigenvalue weighted by Gasteiger charge is 2.24. The summed E-state index contributed by atoms with van der Waals surface area (Å²) in [6.07, 6.45) is 1.36. The molecule has 12 heavy (non-hydrogen) atoms. The number of nitrogens with one attached hydrogen (secondary N) is 1. The van der Waals surface area contributed by atoms with Crippen molar-refractivity contribution in [2.24, 2.45) is 5.92 Å². The molecule has 0 unspecified atom stereocenters. The maximum Gasteiger partial charge on any atom is 0.0108 e. The summed E-state index contributed by atoms with van der Waals surface area (Å²) < 4.78 is 0. The van der Waals surface area contributed by atoms with Gasteiger partial charge in [0.25, 0.3) is 0 Å². The Morgan fingerprint density at radius 1 is 1.42 bits per heavy atom. The van der Waals surface area contributed by atoms with Gasteiger partial charge in [0.15, 0.2) is 0 Å². The molecule has 0 amide bonds. The van der Waals surface area contributed by atoms with Gasteiger partial charge >= 0.3 is 0 Å². The average Bonchev–Trinajstić information content (AvgIpc) is 2.58. The van der Waals surface area contributed by atoms with Gasteiger partial charge in [0.1, 0.15) is 0 Å². The fraction of sp³-hybridized carbons (Fsp3) is 1.00. The van der Waals surface area contributed by atoms with Gasteiger partial charge in [0.05, 0.1) is 0 Å². The molecule has 0 saturated carbocycles. The third kappa shape index (κ3) is 2.20. The van der Waals surface area contributed by atoms with E-state index in [0.717, 1.165) is 12.0 Å². The quantitative estimate of drug-likeness (QED) is 0.684. The van der Waals surface area contributed by atoms with Gasteiger partial charge in [-0.25, -0.2) is 0 Å². The maximum absolute atomic E-state index is 3.43. The molecule has 0 aromatic carbocycles. The van der Waals surface area contributed by atoms with Crippen LogP contribution in [0, 0.1) is 5.92 Å².